The van der Waals surface area contributed by atoms with Crippen LogP contribution in [0, 0.1) is 13.8 Å². The largest absolute Gasteiger partial charge is 0.483 e. The van der Waals surface area contributed by atoms with Crippen LogP contribution in [0.15, 0.2) is 64.1 Å². The van der Waals surface area contributed by atoms with Crippen molar-refractivity contribution >= 4 is 23.7 Å². The smallest absolute Gasteiger partial charge is 0.277 e. The molecule has 5 nitrogen and oxygen atoms in total. The van der Waals surface area contributed by atoms with Gasteiger partial charge in [0.05, 0.1) is 11.2 Å². The molecule has 6 heteroatoms. The fourth-order valence-corrected chi connectivity index (χ4v) is 2.68. The lowest BCUT2D eigenvalue weighted by atomic mass is 10.1. The summed E-state index contributed by atoms with van der Waals surface area (Å²) in [6.07, 6.45) is 1.43. The van der Waals surface area contributed by atoms with Crippen LogP contribution in [-0.4, -0.2) is 18.7 Å². The molecule has 0 fully saturated rings. The number of aryl methyl sites for hydroxylation is 1. The van der Waals surface area contributed by atoms with E-state index in [9.17, 15) is 4.79 Å². The lowest BCUT2D eigenvalue weighted by Gasteiger charge is -2.09. The van der Waals surface area contributed by atoms with E-state index in [0.717, 1.165) is 16.7 Å². The van der Waals surface area contributed by atoms with E-state index < -0.39 is 0 Å². The van der Waals surface area contributed by atoms with Crippen molar-refractivity contribution in [2.75, 3.05) is 6.61 Å². The monoisotopic (exact) mass is 382 g/mol. The molecule has 0 atom stereocenters. The number of benzene rings is 2. The van der Waals surface area contributed by atoms with Gasteiger partial charge in [-0.25, -0.2) is 5.43 Å². The van der Waals surface area contributed by atoms with Crippen molar-refractivity contribution in [2.24, 2.45) is 5.10 Å². The van der Waals surface area contributed by atoms with Crippen LogP contribution >= 0.6 is 11.6 Å². The zero-order valence-corrected chi connectivity index (χ0v) is 15.8. The molecule has 0 unspecified atom stereocenters. The number of rotatable bonds is 6. The summed E-state index contributed by atoms with van der Waals surface area (Å²) < 4.78 is 11.2. The normalized spacial score (nSPS) is 10.9. The number of ether oxygens (including phenoxy) is 1. The molecule has 0 aliphatic carbocycles. The van der Waals surface area contributed by atoms with Gasteiger partial charge in [0.25, 0.3) is 5.91 Å². The lowest BCUT2D eigenvalue weighted by Crippen LogP contribution is -2.24. The molecule has 3 rings (SSSR count). The topological polar surface area (TPSA) is 63.8 Å². The van der Waals surface area contributed by atoms with Crippen LogP contribution in [0.25, 0.3) is 11.3 Å². The van der Waals surface area contributed by atoms with Crippen LogP contribution < -0.4 is 10.2 Å². The van der Waals surface area contributed by atoms with Crippen molar-refractivity contribution in [1.29, 1.82) is 0 Å². The van der Waals surface area contributed by atoms with Gasteiger partial charge in [0.2, 0.25) is 0 Å². The predicted molar refractivity (Wildman–Crippen MR) is 106 cm³/mol. The van der Waals surface area contributed by atoms with Crippen LogP contribution in [0.1, 0.15) is 16.9 Å². The minimum atomic E-state index is -0.356. The molecule has 3 aromatic rings. The van der Waals surface area contributed by atoms with Gasteiger partial charge in [0, 0.05) is 5.56 Å². The Morgan fingerprint density at radius 1 is 1.15 bits per heavy atom. The van der Waals surface area contributed by atoms with Crippen LogP contribution in [0.5, 0.6) is 5.75 Å². The highest BCUT2D eigenvalue weighted by molar-refractivity contribution is 6.33. The second-order valence-electron chi connectivity index (χ2n) is 5.96. The highest BCUT2D eigenvalue weighted by atomic mass is 35.5. The summed E-state index contributed by atoms with van der Waals surface area (Å²) in [6, 6.07) is 16.7. The van der Waals surface area contributed by atoms with E-state index in [1.54, 1.807) is 18.2 Å². The molecule has 1 heterocycles. The van der Waals surface area contributed by atoms with Gasteiger partial charge in [-0.05, 0) is 55.3 Å². The molecule has 2 aromatic carbocycles. The SMILES string of the molecule is Cc1cccc(OCC(=O)N/N=C/c2ccc(-c3ccccc3Cl)o2)c1C. The fourth-order valence-electron chi connectivity index (χ4n) is 2.45. The lowest BCUT2D eigenvalue weighted by molar-refractivity contribution is -0.123. The third kappa shape index (κ3) is 4.77. The van der Waals surface area contributed by atoms with Gasteiger partial charge in [-0.15, -0.1) is 0 Å². The number of amides is 1. The number of nitrogens with zero attached hydrogens (tertiary/aromatic N) is 1. The van der Waals surface area contributed by atoms with Gasteiger partial charge in [0.1, 0.15) is 17.3 Å². The van der Waals surface area contributed by atoms with E-state index in [2.05, 4.69) is 10.5 Å². The highest BCUT2D eigenvalue weighted by Gasteiger charge is 2.08. The molecule has 0 aliphatic heterocycles. The summed E-state index contributed by atoms with van der Waals surface area (Å²) in [7, 11) is 0. The predicted octanol–water partition coefficient (Wildman–Crippen LogP) is 4.75. The van der Waals surface area contributed by atoms with Crippen LogP contribution in [0.2, 0.25) is 5.02 Å². The van der Waals surface area contributed by atoms with Gasteiger partial charge < -0.3 is 9.15 Å². The Labute approximate surface area is 162 Å². The first-order chi connectivity index (χ1) is 13.0. The maximum absolute atomic E-state index is 11.9. The summed E-state index contributed by atoms with van der Waals surface area (Å²) in [6.45, 7) is 3.83. The third-order valence-corrected chi connectivity index (χ3v) is 4.39. The summed E-state index contributed by atoms with van der Waals surface area (Å²) >= 11 is 6.16. The zero-order chi connectivity index (χ0) is 19.2. The van der Waals surface area contributed by atoms with E-state index in [0.29, 0.717) is 22.3 Å². The Balaban J connectivity index is 1.54. The van der Waals surface area contributed by atoms with Crippen molar-refractivity contribution in [1.82, 2.24) is 5.43 Å². The molecule has 0 aliphatic rings. The summed E-state index contributed by atoms with van der Waals surface area (Å²) in [5, 5.41) is 4.50. The molecule has 0 spiro atoms. The maximum Gasteiger partial charge on any atom is 0.277 e. The first kappa shape index (κ1) is 18.7. The van der Waals surface area contributed by atoms with E-state index in [1.807, 2.05) is 50.2 Å². The molecule has 0 saturated carbocycles. The molecule has 0 saturated heterocycles. The van der Waals surface area contributed by atoms with Crippen molar-refractivity contribution in [2.45, 2.75) is 13.8 Å². The minimum absolute atomic E-state index is 0.120. The minimum Gasteiger partial charge on any atom is -0.483 e. The van der Waals surface area contributed by atoms with Crippen molar-refractivity contribution in [3.63, 3.8) is 0 Å². The number of carbonyl (C=O) groups is 1. The van der Waals surface area contributed by atoms with Crippen molar-refractivity contribution in [3.05, 3.63) is 76.5 Å². The van der Waals surface area contributed by atoms with Crippen LogP contribution in [0.4, 0.5) is 0 Å². The Bertz CT molecular complexity index is 979. The standard InChI is InChI=1S/C21H19ClN2O3/c1-14-6-5-9-19(15(14)2)26-13-21(25)24-23-12-16-10-11-20(27-16)17-7-3-4-8-18(17)22/h3-12H,13H2,1-2H3,(H,24,25)/b23-12+. The summed E-state index contributed by atoms with van der Waals surface area (Å²) in [5.74, 6) is 1.46. The number of halogens is 1. The third-order valence-electron chi connectivity index (χ3n) is 4.06. The second-order valence-corrected chi connectivity index (χ2v) is 6.37. The Kier molecular flexibility index (Phi) is 5.94. The Morgan fingerprint density at radius 2 is 1.96 bits per heavy atom. The molecule has 1 aromatic heterocycles. The van der Waals surface area contributed by atoms with E-state index in [-0.39, 0.29) is 12.5 Å². The quantitative estimate of drug-likeness (QED) is 0.494. The molecule has 1 N–H and O–H groups in total. The summed E-state index contributed by atoms with van der Waals surface area (Å²) in [5.41, 5.74) is 5.33. The first-order valence-electron chi connectivity index (χ1n) is 8.40. The van der Waals surface area contributed by atoms with Crippen molar-refractivity contribution < 1.29 is 13.9 Å². The van der Waals surface area contributed by atoms with E-state index >= 15 is 0 Å². The highest BCUT2D eigenvalue weighted by Crippen LogP contribution is 2.28. The van der Waals surface area contributed by atoms with Gasteiger partial charge >= 0.3 is 0 Å². The number of hydrogen-bond donors (Lipinski definition) is 1. The zero-order valence-electron chi connectivity index (χ0n) is 15.0. The van der Waals surface area contributed by atoms with Gasteiger partial charge in [0.15, 0.2) is 6.61 Å². The molecular formula is C21H19ClN2O3. The fraction of sp³-hybridized carbons (Fsp3) is 0.143. The molecular weight excluding hydrogens is 364 g/mol. The van der Waals surface area contributed by atoms with Crippen LogP contribution in [-0.2, 0) is 4.79 Å². The van der Waals surface area contributed by atoms with E-state index in [1.165, 1.54) is 6.21 Å². The Morgan fingerprint density at radius 3 is 2.78 bits per heavy atom. The van der Waals surface area contributed by atoms with Crippen LogP contribution in [0.3, 0.4) is 0 Å². The molecule has 138 valence electrons. The van der Waals surface area contributed by atoms with Gasteiger partial charge in [-0.1, -0.05) is 35.9 Å². The average Bonchev–Trinajstić information content (AvgIpc) is 3.12. The Hall–Kier alpha value is -3.05. The first-order valence-corrected chi connectivity index (χ1v) is 8.78. The average molecular weight is 383 g/mol. The maximum atomic E-state index is 11.9. The molecule has 0 bridgehead atoms. The molecule has 27 heavy (non-hydrogen) atoms. The number of carbonyl (C=O) groups excluding carboxylic acids is 1. The molecule has 0 radical (unpaired) electrons. The van der Waals surface area contributed by atoms with Gasteiger partial charge in [-0.3, -0.25) is 4.79 Å². The summed E-state index contributed by atoms with van der Waals surface area (Å²) in [4.78, 5) is 11.9. The molecule has 1 amide bonds. The second kappa shape index (κ2) is 8.56. The van der Waals surface area contributed by atoms with E-state index in [4.69, 9.17) is 20.8 Å². The van der Waals surface area contributed by atoms with Gasteiger partial charge in [-0.2, -0.15) is 5.10 Å². The number of hydrazone groups is 1. The number of hydrogen-bond acceptors (Lipinski definition) is 4. The number of nitrogens with one attached hydrogen (secondary N) is 1. The van der Waals surface area contributed by atoms with Crippen molar-refractivity contribution in [3.8, 4) is 17.1 Å². The number of furan rings is 1.